The van der Waals surface area contributed by atoms with Crippen molar-refractivity contribution < 1.29 is 19.1 Å². The molecule has 0 aromatic heterocycles. The van der Waals surface area contributed by atoms with Gasteiger partial charge in [0.2, 0.25) is 5.78 Å². The van der Waals surface area contributed by atoms with Gasteiger partial charge in [0.15, 0.2) is 11.9 Å². The number of carbonyl (C=O) groups is 3. The van der Waals surface area contributed by atoms with E-state index in [4.69, 9.17) is 4.74 Å². The number of fused-ring (bicyclic) bond motifs is 3. The summed E-state index contributed by atoms with van der Waals surface area (Å²) < 4.78 is 5.74. The lowest BCUT2D eigenvalue weighted by atomic mass is 9.99. The highest BCUT2D eigenvalue weighted by molar-refractivity contribution is 6.22. The molecule has 1 aliphatic rings. The highest BCUT2D eigenvalue weighted by Crippen LogP contribution is 2.37. The number of benzene rings is 4. The van der Waals surface area contributed by atoms with Gasteiger partial charge in [-0.15, -0.1) is 0 Å². The zero-order valence-electron chi connectivity index (χ0n) is 17.0. The molecule has 4 heteroatoms. The van der Waals surface area contributed by atoms with E-state index in [1.165, 1.54) is 0 Å². The zero-order valence-corrected chi connectivity index (χ0v) is 17.0. The second kappa shape index (κ2) is 8.08. The van der Waals surface area contributed by atoms with Gasteiger partial charge < -0.3 is 4.74 Å². The van der Waals surface area contributed by atoms with Crippen molar-refractivity contribution in [3.05, 3.63) is 131 Å². The summed E-state index contributed by atoms with van der Waals surface area (Å²) in [5.41, 5.74) is 4.01. The third kappa shape index (κ3) is 3.42. The van der Waals surface area contributed by atoms with Gasteiger partial charge in [-0.3, -0.25) is 9.59 Å². The Labute approximate surface area is 185 Å². The van der Waals surface area contributed by atoms with Gasteiger partial charge >= 0.3 is 5.97 Å². The van der Waals surface area contributed by atoms with Crippen LogP contribution in [-0.2, 0) is 4.74 Å². The summed E-state index contributed by atoms with van der Waals surface area (Å²) in [7, 11) is 0. The molecule has 0 radical (unpaired) electrons. The van der Waals surface area contributed by atoms with E-state index in [1.807, 2.05) is 30.3 Å². The summed E-state index contributed by atoms with van der Waals surface area (Å²) in [5, 5.41) is 0. The molecule has 0 N–H and O–H groups in total. The predicted molar refractivity (Wildman–Crippen MR) is 121 cm³/mol. The molecule has 4 aromatic rings. The van der Waals surface area contributed by atoms with Crippen molar-refractivity contribution in [1.82, 2.24) is 0 Å². The van der Waals surface area contributed by atoms with Gasteiger partial charge in [-0.1, -0.05) is 84.9 Å². The SMILES string of the molecule is O=C(O[C@H](C(=O)c1ccccc1)c1ccccc1)c1ccc2c(c1)-c1ccccc1C2=O. The molecule has 0 unspecified atom stereocenters. The Morgan fingerprint density at radius 3 is 1.91 bits per heavy atom. The molecule has 0 aliphatic heterocycles. The lowest BCUT2D eigenvalue weighted by Crippen LogP contribution is -2.20. The fourth-order valence-electron chi connectivity index (χ4n) is 3.98. The van der Waals surface area contributed by atoms with Crippen LogP contribution in [0.2, 0.25) is 0 Å². The average Bonchev–Trinajstić information content (AvgIpc) is 3.14. The minimum atomic E-state index is -1.08. The van der Waals surface area contributed by atoms with Crippen molar-refractivity contribution in [3.8, 4) is 11.1 Å². The molecular formula is C28H18O4. The maximum atomic E-state index is 13.2. The van der Waals surface area contributed by atoms with Gasteiger partial charge in [-0.25, -0.2) is 4.79 Å². The quantitative estimate of drug-likeness (QED) is 0.272. The normalized spacial score (nSPS) is 12.6. The summed E-state index contributed by atoms with van der Waals surface area (Å²) in [4.78, 5) is 38.9. The maximum Gasteiger partial charge on any atom is 0.339 e. The van der Waals surface area contributed by atoms with Crippen LogP contribution in [0.1, 0.15) is 48.3 Å². The molecule has 0 amide bonds. The summed E-state index contributed by atoms with van der Waals surface area (Å²) >= 11 is 0. The Balaban J connectivity index is 1.49. The number of hydrogen-bond donors (Lipinski definition) is 0. The van der Waals surface area contributed by atoms with E-state index < -0.39 is 12.1 Å². The second-order valence-corrected chi connectivity index (χ2v) is 7.56. The molecule has 154 valence electrons. The molecule has 0 bridgehead atoms. The van der Waals surface area contributed by atoms with E-state index in [2.05, 4.69) is 0 Å². The Morgan fingerprint density at radius 1 is 0.594 bits per heavy atom. The molecule has 0 heterocycles. The highest BCUT2D eigenvalue weighted by atomic mass is 16.5. The molecule has 0 fully saturated rings. The van der Waals surface area contributed by atoms with Crippen LogP contribution in [0, 0.1) is 0 Å². The van der Waals surface area contributed by atoms with Crippen LogP contribution in [0.5, 0.6) is 0 Å². The van der Waals surface area contributed by atoms with Crippen LogP contribution in [0.3, 0.4) is 0 Å². The van der Waals surface area contributed by atoms with E-state index in [1.54, 1.807) is 72.8 Å². The number of ketones is 2. The molecule has 0 saturated carbocycles. The minimum Gasteiger partial charge on any atom is -0.445 e. The predicted octanol–water partition coefficient (Wildman–Crippen LogP) is 5.68. The van der Waals surface area contributed by atoms with Crippen LogP contribution < -0.4 is 0 Å². The minimum absolute atomic E-state index is 0.0584. The van der Waals surface area contributed by atoms with Gasteiger partial charge in [-0.2, -0.15) is 0 Å². The molecule has 5 rings (SSSR count). The van der Waals surface area contributed by atoms with Crippen LogP contribution >= 0.6 is 0 Å². The number of Topliss-reactive ketones (excluding diaryl/α,β-unsaturated/α-hetero) is 1. The molecule has 4 nitrogen and oxygen atoms in total. The van der Waals surface area contributed by atoms with E-state index in [9.17, 15) is 14.4 Å². The summed E-state index contributed by atoms with van der Waals surface area (Å²) in [5.74, 6) is -0.980. The first-order valence-corrected chi connectivity index (χ1v) is 10.3. The van der Waals surface area contributed by atoms with Crippen molar-refractivity contribution in [2.45, 2.75) is 6.10 Å². The van der Waals surface area contributed by atoms with Crippen molar-refractivity contribution >= 4 is 17.5 Å². The zero-order chi connectivity index (χ0) is 22.1. The average molecular weight is 418 g/mol. The maximum absolute atomic E-state index is 13.2. The summed E-state index contributed by atoms with van der Waals surface area (Å²) in [6.07, 6.45) is -1.08. The molecule has 1 atom stereocenters. The molecule has 0 spiro atoms. The van der Waals surface area contributed by atoms with Crippen molar-refractivity contribution in [1.29, 1.82) is 0 Å². The number of carbonyl (C=O) groups excluding carboxylic acids is 3. The lowest BCUT2D eigenvalue weighted by molar-refractivity contribution is 0.0280. The van der Waals surface area contributed by atoms with Gasteiger partial charge in [0, 0.05) is 22.3 Å². The second-order valence-electron chi connectivity index (χ2n) is 7.56. The lowest BCUT2D eigenvalue weighted by Gasteiger charge is -2.18. The fraction of sp³-hybridized carbons (Fsp3) is 0.0357. The van der Waals surface area contributed by atoms with Crippen LogP contribution in [0.4, 0.5) is 0 Å². The Bertz CT molecular complexity index is 1340. The van der Waals surface area contributed by atoms with E-state index in [0.717, 1.165) is 5.56 Å². The van der Waals surface area contributed by atoms with Gasteiger partial charge in [0.05, 0.1) is 5.56 Å². The smallest absolute Gasteiger partial charge is 0.339 e. The van der Waals surface area contributed by atoms with Gasteiger partial charge in [0.1, 0.15) is 0 Å². The largest absolute Gasteiger partial charge is 0.445 e. The highest BCUT2D eigenvalue weighted by Gasteiger charge is 2.30. The van der Waals surface area contributed by atoms with Crippen LogP contribution in [-0.4, -0.2) is 17.5 Å². The van der Waals surface area contributed by atoms with Crippen molar-refractivity contribution in [3.63, 3.8) is 0 Å². The molecular weight excluding hydrogens is 400 g/mol. The molecule has 0 saturated heterocycles. The Morgan fingerprint density at radius 2 is 1.19 bits per heavy atom. The monoisotopic (exact) mass is 418 g/mol. The van der Waals surface area contributed by atoms with Gasteiger partial charge in [0.25, 0.3) is 0 Å². The Hall–Kier alpha value is -4.31. The standard InChI is InChI=1S/C28H18O4/c29-25(18-9-3-1-4-10-18)27(19-11-5-2-6-12-19)32-28(31)20-15-16-23-24(17-20)21-13-7-8-14-22(21)26(23)30/h1-17,27H/t27-/m0/s1. The van der Waals surface area contributed by atoms with Crippen molar-refractivity contribution in [2.75, 3.05) is 0 Å². The third-order valence-corrected chi connectivity index (χ3v) is 5.59. The summed E-state index contributed by atoms with van der Waals surface area (Å²) in [6, 6.07) is 29.9. The topological polar surface area (TPSA) is 60.4 Å². The Kier molecular flexibility index (Phi) is 4.96. The number of rotatable bonds is 5. The summed E-state index contributed by atoms with van der Waals surface area (Å²) in [6.45, 7) is 0. The molecule has 1 aliphatic carbocycles. The number of ether oxygens (including phenoxy) is 1. The van der Waals surface area contributed by atoms with Crippen LogP contribution in [0.15, 0.2) is 103 Å². The number of esters is 1. The third-order valence-electron chi connectivity index (χ3n) is 5.59. The van der Waals surface area contributed by atoms with E-state index >= 15 is 0 Å². The first kappa shape index (κ1) is 19.6. The van der Waals surface area contributed by atoms with Crippen LogP contribution in [0.25, 0.3) is 11.1 Å². The number of hydrogen-bond acceptors (Lipinski definition) is 4. The molecule has 4 aromatic carbocycles. The first-order chi connectivity index (χ1) is 15.6. The first-order valence-electron chi connectivity index (χ1n) is 10.3. The van der Waals surface area contributed by atoms with Gasteiger partial charge in [-0.05, 0) is 29.3 Å². The van der Waals surface area contributed by atoms with E-state index in [-0.39, 0.29) is 17.1 Å². The van der Waals surface area contributed by atoms with E-state index in [0.29, 0.717) is 27.8 Å². The molecule has 32 heavy (non-hydrogen) atoms. The van der Waals surface area contributed by atoms with Crippen molar-refractivity contribution in [2.24, 2.45) is 0 Å². The fourth-order valence-corrected chi connectivity index (χ4v) is 3.98.